The molecule has 1 rings (SSSR count). The molecule has 0 radical (unpaired) electrons. The zero-order valence-corrected chi connectivity index (χ0v) is 10.4. The van der Waals surface area contributed by atoms with Crippen LogP contribution in [-0.2, 0) is 11.3 Å². The van der Waals surface area contributed by atoms with Crippen molar-refractivity contribution in [3.8, 4) is 0 Å². The molecule has 0 saturated heterocycles. The Morgan fingerprint density at radius 1 is 1.53 bits per heavy atom. The van der Waals surface area contributed by atoms with Crippen LogP contribution >= 0.6 is 0 Å². The van der Waals surface area contributed by atoms with Crippen molar-refractivity contribution >= 4 is 11.4 Å². The standard InChI is InChI=1S/C12H18N2O3/c1-4-9(2)17-8-10-5-6-12(14(15)16)11(7-10)13-3/h5-7,9,13H,4,8H2,1-3H3. The quantitative estimate of drug-likeness (QED) is 0.611. The second-order valence-corrected chi connectivity index (χ2v) is 3.89. The first-order chi connectivity index (χ1) is 8.08. The van der Waals surface area contributed by atoms with Crippen molar-refractivity contribution in [1.82, 2.24) is 0 Å². The summed E-state index contributed by atoms with van der Waals surface area (Å²) >= 11 is 0. The van der Waals surface area contributed by atoms with Gasteiger partial charge < -0.3 is 10.1 Å². The molecule has 0 heterocycles. The number of nitrogens with zero attached hydrogens (tertiary/aromatic N) is 1. The van der Waals surface area contributed by atoms with Crippen molar-refractivity contribution in [2.75, 3.05) is 12.4 Å². The fourth-order valence-electron chi connectivity index (χ4n) is 1.39. The highest BCUT2D eigenvalue weighted by Crippen LogP contribution is 2.25. The van der Waals surface area contributed by atoms with Gasteiger partial charge in [-0.2, -0.15) is 0 Å². The van der Waals surface area contributed by atoms with Crippen molar-refractivity contribution < 1.29 is 9.66 Å². The summed E-state index contributed by atoms with van der Waals surface area (Å²) < 4.78 is 5.58. The Morgan fingerprint density at radius 2 is 2.24 bits per heavy atom. The van der Waals surface area contributed by atoms with Crippen LogP contribution in [0.2, 0.25) is 0 Å². The van der Waals surface area contributed by atoms with E-state index in [9.17, 15) is 10.1 Å². The number of ether oxygens (including phenoxy) is 1. The highest BCUT2D eigenvalue weighted by molar-refractivity contribution is 5.62. The smallest absolute Gasteiger partial charge is 0.292 e. The third kappa shape index (κ3) is 3.71. The molecule has 0 aliphatic heterocycles. The number of nitro benzene ring substituents is 1. The highest BCUT2D eigenvalue weighted by atomic mass is 16.6. The Bertz CT molecular complexity index is 393. The summed E-state index contributed by atoms with van der Waals surface area (Å²) in [6, 6.07) is 4.98. The Balaban J connectivity index is 2.79. The predicted octanol–water partition coefficient (Wildman–Crippen LogP) is 2.95. The maximum absolute atomic E-state index is 10.7. The molecule has 1 aromatic rings. The number of hydrogen-bond acceptors (Lipinski definition) is 4. The van der Waals surface area contributed by atoms with E-state index in [0.29, 0.717) is 12.3 Å². The lowest BCUT2D eigenvalue weighted by Gasteiger charge is -2.11. The summed E-state index contributed by atoms with van der Waals surface area (Å²) in [4.78, 5) is 10.3. The van der Waals surface area contributed by atoms with E-state index in [1.54, 1.807) is 19.2 Å². The van der Waals surface area contributed by atoms with Crippen molar-refractivity contribution in [3.63, 3.8) is 0 Å². The Morgan fingerprint density at radius 3 is 2.76 bits per heavy atom. The van der Waals surface area contributed by atoms with Crippen LogP contribution in [0.1, 0.15) is 25.8 Å². The average Bonchev–Trinajstić information content (AvgIpc) is 2.35. The average molecular weight is 238 g/mol. The van der Waals surface area contributed by atoms with Crippen LogP contribution in [0, 0.1) is 10.1 Å². The van der Waals surface area contributed by atoms with Gasteiger partial charge in [0.1, 0.15) is 5.69 Å². The minimum Gasteiger partial charge on any atom is -0.383 e. The molecule has 94 valence electrons. The monoisotopic (exact) mass is 238 g/mol. The third-order valence-electron chi connectivity index (χ3n) is 2.64. The van der Waals surface area contributed by atoms with E-state index in [4.69, 9.17) is 4.74 Å². The summed E-state index contributed by atoms with van der Waals surface area (Å²) in [7, 11) is 1.67. The molecule has 0 saturated carbocycles. The summed E-state index contributed by atoms with van der Waals surface area (Å²) in [6.07, 6.45) is 1.15. The van der Waals surface area contributed by atoms with E-state index < -0.39 is 4.92 Å². The van der Waals surface area contributed by atoms with Gasteiger partial charge in [0.2, 0.25) is 0 Å². The first-order valence-electron chi connectivity index (χ1n) is 5.65. The lowest BCUT2D eigenvalue weighted by molar-refractivity contribution is -0.384. The lowest BCUT2D eigenvalue weighted by Crippen LogP contribution is -2.06. The van der Waals surface area contributed by atoms with Gasteiger partial charge in [-0.3, -0.25) is 10.1 Å². The molecule has 1 aromatic carbocycles. The minimum atomic E-state index is -0.398. The number of nitrogens with one attached hydrogen (secondary N) is 1. The molecule has 0 fully saturated rings. The van der Waals surface area contributed by atoms with E-state index in [-0.39, 0.29) is 11.8 Å². The molecular formula is C12H18N2O3. The molecule has 17 heavy (non-hydrogen) atoms. The fourth-order valence-corrected chi connectivity index (χ4v) is 1.39. The first kappa shape index (κ1) is 13.4. The van der Waals surface area contributed by atoms with Gasteiger partial charge in [-0.15, -0.1) is 0 Å². The van der Waals surface area contributed by atoms with Crippen LogP contribution in [0.15, 0.2) is 18.2 Å². The molecule has 1 unspecified atom stereocenters. The summed E-state index contributed by atoms with van der Waals surface area (Å²) in [5.41, 5.74) is 1.53. The molecule has 0 amide bonds. The molecule has 0 aliphatic rings. The predicted molar refractivity (Wildman–Crippen MR) is 67.2 cm³/mol. The van der Waals surface area contributed by atoms with Gasteiger partial charge in [0, 0.05) is 13.1 Å². The van der Waals surface area contributed by atoms with Crippen LogP contribution in [0.5, 0.6) is 0 Å². The second-order valence-electron chi connectivity index (χ2n) is 3.89. The largest absolute Gasteiger partial charge is 0.383 e. The maximum atomic E-state index is 10.7. The van der Waals surface area contributed by atoms with E-state index in [2.05, 4.69) is 12.2 Å². The molecule has 0 bridgehead atoms. The van der Waals surface area contributed by atoms with Gasteiger partial charge in [-0.1, -0.05) is 6.92 Å². The van der Waals surface area contributed by atoms with Crippen LogP contribution in [0.25, 0.3) is 0 Å². The van der Waals surface area contributed by atoms with Crippen molar-refractivity contribution in [1.29, 1.82) is 0 Å². The molecule has 0 aliphatic carbocycles. The molecule has 5 nitrogen and oxygen atoms in total. The van der Waals surface area contributed by atoms with Crippen molar-refractivity contribution in [2.24, 2.45) is 0 Å². The van der Waals surface area contributed by atoms with E-state index >= 15 is 0 Å². The minimum absolute atomic E-state index is 0.0831. The van der Waals surface area contributed by atoms with E-state index in [1.807, 2.05) is 6.92 Å². The summed E-state index contributed by atoms with van der Waals surface area (Å²) in [5, 5.41) is 13.6. The Kier molecular flexibility index (Phi) is 4.90. The van der Waals surface area contributed by atoms with Crippen LogP contribution in [0.3, 0.4) is 0 Å². The molecule has 0 aromatic heterocycles. The molecule has 0 spiro atoms. The van der Waals surface area contributed by atoms with Gasteiger partial charge in [-0.25, -0.2) is 0 Å². The van der Waals surface area contributed by atoms with Crippen LogP contribution < -0.4 is 5.32 Å². The van der Waals surface area contributed by atoms with Crippen LogP contribution in [0.4, 0.5) is 11.4 Å². The molecule has 1 atom stereocenters. The van der Waals surface area contributed by atoms with Crippen LogP contribution in [-0.4, -0.2) is 18.1 Å². The zero-order valence-electron chi connectivity index (χ0n) is 10.4. The van der Waals surface area contributed by atoms with Gasteiger partial charge in [0.05, 0.1) is 17.6 Å². The normalized spacial score (nSPS) is 12.2. The second kappa shape index (κ2) is 6.20. The molecular weight excluding hydrogens is 220 g/mol. The highest BCUT2D eigenvalue weighted by Gasteiger charge is 2.12. The number of rotatable bonds is 6. The van der Waals surface area contributed by atoms with Gasteiger partial charge in [0.15, 0.2) is 0 Å². The third-order valence-corrected chi connectivity index (χ3v) is 2.64. The lowest BCUT2D eigenvalue weighted by atomic mass is 10.2. The summed E-state index contributed by atoms with van der Waals surface area (Å²) in [6.45, 7) is 4.53. The molecule has 5 heteroatoms. The topological polar surface area (TPSA) is 64.4 Å². The van der Waals surface area contributed by atoms with Gasteiger partial charge >= 0.3 is 0 Å². The van der Waals surface area contributed by atoms with Crippen molar-refractivity contribution in [2.45, 2.75) is 33.0 Å². The van der Waals surface area contributed by atoms with Gasteiger partial charge in [0.25, 0.3) is 5.69 Å². The number of hydrogen-bond donors (Lipinski definition) is 1. The van der Waals surface area contributed by atoms with Gasteiger partial charge in [-0.05, 0) is 31.0 Å². The number of anilines is 1. The SMILES string of the molecule is CCC(C)OCc1ccc([N+](=O)[O-])c(NC)c1. The van der Waals surface area contributed by atoms with E-state index in [0.717, 1.165) is 12.0 Å². The Hall–Kier alpha value is -1.62. The Labute approximate surface area is 101 Å². The fraction of sp³-hybridized carbons (Fsp3) is 0.500. The summed E-state index contributed by atoms with van der Waals surface area (Å²) in [5.74, 6) is 0. The van der Waals surface area contributed by atoms with E-state index in [1.165, 1.54) is 6.07 Å². The number of benzene rings is 1. The maximum Gasteiger partial charge on any atom is 0.292 e. The number of nitro groups is 1. The molecule has 1 N–H and O–H groups in total. The zero-order chi connectivity index (χ0) is 12.8. The first-order valence-corrected chi connectivity index (χ1v) is 5.65. The van der Waals surface area contributed by atoms with Crippen molar-refractivity contribution in [3.05, 3.63) is 33.9 Å².